The van der Waals surface area contributed by atoms with Crippen molar-refractivity contribution in [1.29, 1.82) is 0 Å². The molecule has 5 heteroatoms. The second kappa shape index (κ2) is 5.49. The Balaban J connectivity index is 1.65. The molecule has 2 rings (SSSR count). The molecule has 2 aliphatic rings. The minimum atomic E-state index is 0.170. The second-order valence-electron chi connectivity index (χ2n) is 4.99. The van der Waals surface area contributed by atoms with Gasteiger partial charge in [-0.05, 0) is 19.3 Å². The van der Waals surface area contributed by atoms with E-state index in [0.717, 1.165) is 38.9 Å². The Hall–Kier alpha value is -1.10. The molecule has 1 atom stereocenters. The standard InChI is InChI=1S/C12H21N3O2/c1-9(16)15-6-4-10(5-7-15)13-8-11-2-3-12(17)14-11/h10-11,13H,2-8H2,1H3,(H,14,17). The highest BCUT2D eigenvalue weighted by molar-refractivity contribution is 5.78. The van der Waals surface area contributed by atoms with E-state index in [2.05, 4.69) is 10.6 Å². The molecule has 2 heterocycles. The van der Waals surface area contributed by atoms with Gasteiger partial charge in [-0.2, -0.15) is 0 Å². The molecule has 0 bridgehead atoms. The fourth-order valence-corrected chi connectivity index (χ4v) is 2.54. The third-order valence-corrected chi connectivity index (χ3v) is 3.68. The largest absolute Gasteiger partial charge is 0.352 e. The molecule has 0 radical (unpaired) electrons. The van der Waals surface area contributed by atoms with E-state index in [4.69, 9.17) is 0 Å². The van der Waals surface area contributed by atoms with Crippen LogP contribution in [0.2, 0.25) is 0 Å². The van der Waals surface area contributed by atoms with Crippen molar-refractivity contribution in [3.8, 4) is 0 Å². The molecule has 0 aromatic rings. The number of rotatable bonds is 3. The van der Waals surface area contributed by atoms with E-state index < -0.39 is 0 Å². The summed E-state index contributed by atoms with van der Waals surface area (Å²) < 4.78 is 0. The average Bonchev–Trinajstić information content (AvgIpc) is 2.73. The van der Waals surface area contributed by atoms with E-state index in [1.807, 2.05) is 4.90 Å². The molecule has 2 saturated heterocycles. The van der Waals surface area contributed by atoms with Crippen LogP contribution in [0.4, 0.5) is 0 Å². The Morgan fingerprint density at radius 1 is 1.41 bits per heavy atom. The molecular formula is C12H21N3O2. The zero-order valence-corrected chi connectivity index (χ0v) is 10.4. The van der Waals surface area contributed by atoms with Crippen molar-refractivity contribution in [2.45, 2.75) is 44.7 Å². The Bertz CT molecular complexity index is 298. The van der Waals surface area contributed by atoms with Crippen molar-refractivity contribution in [3.05, 3.63) is 0 Å². The minimum Gasteiger partial charge on any atom is -0.352 e. The predicted octanol–water partition coefficient (Wildman–Crippen LogP) is -0.134. The number of hydrogen-bond acceptors (Lipinski definition) is 3. The fourth-order valence-electron chi connectivity index (χ4n) is 2.54. The van der Waals surface area contributed by atoms with Crippen LogP contribution in [0, 0.1) is 0 Å². The molecule has 0 aromatic carbocycles. The molecule has 0 saturated carbocycles. The van der Waals surface area contributed by atoms with Gasteiger partial charge < -0.3 is 15.5 Å². The highest BCUT2D eigenvalue weighted by Gasteiger charge is 2.24. The normalized spacial score (nSPS) is 26.1. The van der Waals surface area contributed by atoms with Crippen LogP contribution in [0.25, 0.3) is 0 Å². The van der Waals surface area contributed by atoms with Gasteiger partial charge in [-0.15, -0.1) is 0 Å². The third kappa shape index (κ3) is 3.43. The van der Waals surface area contributed by atoms with Crippen molar-refractivity contribution < 1.29 is 9.59 Å². The van der Waals surface area contributed by atoms with Crippen molar-refractivity contribution in [2.75, 3.05) is 19.6 Å². The van der Waals surface area contributed by atoms with Crippen LogP contribution in [0.15, 0.2) is 0 Å². The van der Waals surface area contributed by atoms with Crippen LogP contribution < -0.4 is 10.6 Å². The summed E-state index contributed by atoms with van der Waals surface area (Å²) in [7, 11) is 0. The number of piperidine rings is 1. The molecule has 2 N–H and O–H groups in total. The average molecular weight is 239 g/mol. The highest BCUT2D eigenvalue weighted by Crippen LogP contribution is 2.11. The maximum absolute atomic E-state index is 11.2. The zero-order chi connectivity index (χ0) is 12.3. The molecule has 2 amide bonds. The molecule has 5 nitrogen and oxygen atoms in total. The molecule has 2 fully saturated rings. The maximum Gasteiger partial charge on any atom is 0.220 e. The van der Waals surface area contributed by atoms with E-state index in [-0.39, 0.29) is 11.8 Å². The molecule has 1 unspecified atom stereocenters. The molecule has 17 heavy (non-hydrogen) atoms. The number of nitrogens with one attached hydrogen (secondary N) is 2. The lowest BCUT2D eigenvalue weighted by Gasteiger charge is -2.32. The third-order valence-electron chi connectivity index (χ3n) is 3.68. The minimum absolute atomic E-state index is 0.170. The van der Waals surface area contributed by atoms with E-state index in [9.17, 15) is 9.59 Å². The van der Waals surface area contributed by atoms with E-state index >= 15 is 0 Å². The summed E-state index contributed by atoms with van der Waals surface area (Å²) in [4.78, 5) is 24.1. The van der Waals surface area contributed by atoms with Crippen LogP contribution in [0.5, 0.6) is 0 Å². The van der Waals surface area contributed by atoms with Crippen LogP contribution in [0.3, 0.4) is 0 Å². The summed E-state index contributed by atoms with van der Waals surface area (Å²) in [6.07, 6.45) is 3.63. The van der Waals surface area contributed by atoms with Crippen LogP contribution in [-0.2, 0) is 9.59 Å². The van der Waals surface area contributed by atoms with E-state index in [0.29, 0.717) is 18.5 Å². The summed E-state index contributed by atoms with van der Waals surface area (Å²) in [6.45, 7) is 4.19. The number of likely N-dealkylation sites (tertiary alicyclic amines) is 1. The Labute approximate surface area is 102 Å². The van der Waals surface area contributed by atoms with Crippen molar-refractivity contribution in [3.63, 3.8) is 0 Å². The van der Waals surface area contributed by atoms with Gasteiger partial charge in [0.25, 0.3) is 0 Å². The Morgan fingerprint density at radius 3 is 2.65 bits per heavy atom. The first-order chi connectivity index (χ1) is 8.15. The number of amides is 2. The molecule has 96 valence electrons. The first-order valence-electron chi connectivity index (χ1n) is 6.43. The van der Waals surface area contributed by atoms with Crippen LogP contribution >= 0.6 is 0 Å². The molecule has 2 aliphatic heterocycles. The topological polar surface area (TPSA) is 61.4 Å². The summed E-state index contributed by atoms with van der Waals surface area (Å²) in [5.41, 5.74) is 0. The number of carbonyl (C=O) groups excluding carboxylic acids is 2. The quantitative estimate of drug-likeness (QED) is 0.721. The lowest BCUT2D eigenvalue weighted by atomic mass is 10.0. The number of nitrogens with zero attached hydrogens (tertiary/aromatic N) is 1. The predicted molar refractivity (Wildman–Crippen MR) is 64.4 cm³/mol. The lowest BCUT2D eigenvalue weighted by Crippen LogP contribution is -2.47. The van der Waals surface area contributed by atoms with E-state index in [1.54, 1.807) is 6.92 Å². The van der Waals surface area contributed by atoms with Crippen LogP contribution in [-0.4, -0.2) is 48.4 Å². The molecule has 0 aliphatic carbocycles. The Kier molecular flexibility index (Phi) is 3.99. The first kappa shape index (κ1) is 12.4. The van der Waals surface area contributed by atoms with Gasteiger partial charge in [0.15, 0.2) is 0 Å². The fraction of sp³-hybridized carbons (Fsp3) is 0.833. The highest BCUT2D eigenvalue weighted by atomic mass is 16.2. The van der Waals surface area contributed by atoms with Gasteiger partial charge in [0, 0.05) is 45.1 Å². The van der Waals surface area contributed by atoms with Crippen molar-refractivity contribution >= 4 is 11.8 Å². The van der Waals surface area contributed by atoms with Crippen molar-refractivity contribution in [2.24, 2.45) is 0 Å². The van der Waals surface area contributed by atoms with Gasteiger partial charge in [-0.1, -0.05) is 0 Å². The molecular weight excluding hydrogens is 218 g/mol. The number of hydrogen-bond donors (Lipinski definition) is 2. The van der Waals surface area contributed by atoms with Gasteiger partial charge >= 0.3 is 0 Å². The van der Waals surface area contributed by atoms with Gasteiger partial charge in [0.1, 0.15) is 0 Å². The first-order valence-corrected chi connectivity index (χ1v) is 6.43. The van der Waals surface area contributed by atoms with E-state index in [1.165, 1.54) is 0 Å². The summed E-state index contributed by atoms with van der Waals surface area (Å²) in [5, 5.41) is 6.45. The zero-order valence-electron chi connectivity index (χ0n) is 10.4. The van der Waals surface area contributed by atoms with Gasteiger partial charge in [-0.3, -0.25) is 9.59 Å². The Morgan fingerprint density at radius 2 is 2.12 bits per heavy atom. The van der Waals surface area contributed by atoms with Crippen LogP contribution in [0.1, 0.15) is 32.6 Å². The monoisotopic (exact) mass is 239 g/mol. The summed E-state index contributed by atoms with van der Waals surface area (Å²) >= 11 is 0. The summed E-state index contributed by atoms with van der Waals surface area (Å²) in [6, 6.07) is 0.788. The van der Waals surface area contributed by atoms with Gasteiger partial charge in [-0.25, -0.2) is 0 Å². The SMILES string of the molecule is CC(=O)N1CCC(NCC2CCC(=O)N2)CC1. The molecule has 0 spiro atoms. The van der Waals surface area contributed by atoms with Crippen molar-refractivity contribution in [1.82, 2.24) is 15.5 Å². The second-order valence-corrected chi connectivity index (χ2v) is 4.99. The molecule has 0 aromatic heterocycles. The number of carbonyl (C=O) groups is 2. The van der Waals surface area contributed by atoms with Gasteiger partial charge in [0.2, 0.25) is 11.8 Å². The van der Waals surface area contributed by atoms with Gasteiger partial charge in [0.05, 0.1) is 0 Å². The lowest BCUT2D eigenvalue weighted by molar-refractivity contribution is -0.130. The summed E-state index contributed by atoms with van der Waals surface area (Å²) in [5.74, 6) is 0.342. The smallest absolute Gasteiger partial charge is 0.220 e. The maximum atomic E-state index is 11.2.